The summed E-state index contributed by atoms with van der Waals surface area (Å²) in [4.78, 5) is 45.4. The molecule has 1 aromatic carbocycles. The van der Waals surface area contributed by atoms with Gasteiger partial charge in [-0.15, -0.1) is 11.3 Å². The summed E-state index contributed by atoms with van der Waals surface area (Å²) in [6.07, 6.45) is 0.889. The van der Waals surface area contributed by atoms with E-state index in [1.165, 1.54) is 28.2 Å². The third-order valence-electron chi connectivity index (χ3n) is 5.35. The fraction of sp³-hybridized carbons (Fsp3) is 0.393. The van der Waals surface area contributed by atoms with E-state index in [1.54, 1.807) is 48.5 Å². The van der Waals surface area contributed by atoms with E-state index in [-0.39, 0.29) is 23.6 Å². The summed E-state index contributed by atoms with van der Waals surface area (Å²) < 4.78 is 18.7. The van der Waals surface area contributed by atoms with E-state index in [2.05, 4.69) is 10.1 Å². The highest BCUT2D eigenvalue weighted by atomic mass is 32.1. The number of esters is 1. The fourth-order valence-corrected chi connectivity index (χ4v) is 4.88. The predicted octanol–water partition coefficient (Wildman–Crippen LogP) is 6.77. The molecule has 0 N–H and O–H groups in total. The number of ether oxygens (including phenoxy) is 3. The van der Waals surface area contributed by atoms with E-state index in [0.29, 0.717) is 5.56 Å². The Morgan fingerprint density at radius 2 is 1.62 bits per heavy atom. The molecule has 39 heavy (non-hydrogen) atoms. The van der Waals surface area contributed by atoms with Gasteiger partial charge >= 0.3 is 18.2 Å². The predicted molar refractivity (Wildman–Crippen MR) is 149 cm³/mol. The van der Waals surface area contributed by atoms with E-state index in [4.69, 9.17) is 14.2 Å². The molecule has 0 atom stereocenters. The van der Waals surface area contributed by atoms with Gasteiger partial charge in [0.2, 0.25) is 0 Å². The zero-order chi connectivity index (χ0) is 28.7. The van der Waals surface area contributed by atoms with Gasteiger partial charge in [-0.3, -0.25) is 0 Å². The van der Waals surface area contributed by atoms with E-state index in [1.807, 2.05) is 30.5 Å². The first-order valence-corrected chi connectivity index (χ1v) is 13.4. The van der Waals surface area contributed by atoms with Crippen LogP contribution in [0.5, 0.6) is 0 Å². The summed E-state index contributed by atoms with van der Waals surface area (Å²) in [5.41, 5.74) is 0.477. The minimum atomic E-state index is -0.964. The van der Waals surface area contributed by atoms with Crippen LogP contribution in [0.15, 0.2) is 36.0 Å². The van der Waals surface area contributed by atoms with Crippen molar-refractivity contribution >= 4 is 51.0 Å². The molecule has 0 saturated heterocycles. The number of thiophene rings is 1. The molecule has 3 heterocycles. The summed E-state index contributed by atoms with van der Waals surface area (Å²) in [6.45, 7) is 14.0. The maximum Gasteiger partial charge on any atom is 0.425 e. The van der Waals surface area contributed by atoms with E-state index >= 15 is 0 Å². The van der Waals surface area contributed by atoms with Crippen molar-refractivity contribution < 1.29 is 28.6 Å². The first kappa shape index (κ1) is 28.0. The van der Waals surface area contributed by atoms with Gasteiger partial charge in [0.05, 0.1) is 12.8 Å². The maximum atomic E-state index is 13.7. The number of carbonyl (C=O) groups is 3. The highest BCUT2D eigenvalue weighted by Crippen LogP contribution is 2.40. The molecule has 10 nitrogen and oxygen atoms in total. The number of imide groups is 1. The monoisotopic (exact) mass is 552 g/mol. The Morgan fingerprint density at radius 1 is 0.974 bits per heavy atom. The summed E-state index contributed by atoms with van der Waals surface area (Å²) >= 11 is 1.51. The molecule has 4 rings (SSSR count). The third kappa shape index (κ3) is 5.88. The fourth-order valence-electron chi connectivity index (χ4n) is 3.97. The molecule has 0 aliphatic carbocycles. The van der Waals surface area contributed by atoms with Crippen LogP contribution in [0.4, 0.5) is 15.4 Å². The largest absolute Gasteiger partial charge is 0.462 e. The van der Waals surface area contributed by atoms with Crippen molar-refractivity contribution in [2.75, 3.05) is 11.5 Å². The van der Waals surface area contributed by atoms with E-state index in [9.17, 15) is 14.4 Å². The summed E-state index contributed by atoms with van der Waals surface area (Å²) in [5, 5.41) is 7.34. The SMILES string of the molecule is CCOC(=O)c1cnn2c(N(C(=O)OC(C)(C)C)C(=O)OC(C)(C)C)c(-c3cc(C)cc4ccsc34)cnc12. The Balaban J connectivity index is 2.08. The van der Waals surface area contributed by atoms with Crippen molar-refractivity contribution in [3.63, 3.8) is 0 Å². The van der Waals surface area contributed by atoms with Crippen LogP contribution in [0, 0.1) is 6.92 Å². The lowest BCUT2D eigenvalue weighted by Gasteiger charge is -2.29. The van der Waals surface area contributed by atoms with Crippen LogP contribution in [0.3, 0.4) is 0 Å². The lowest BCUT2D eigenvalue weighted by Crippen LogP contribution is -2.45. The quantitative estimate of drug-likeness (QED) is 0.201. The molecule has 0 bridgehead atoms. The Bertz CT molecular complexity index is 1550. The smallest absolute Gasteiger partial charge is 0.425 e. The van der Waals surface area contributed by atoms with Crippen molar-refractivity contribution in [1.29, 1.82) is 0 Å². The number of hydrogen-bond donors (Lipinski definition) is 0. The second-order valence-electron chi connectivity index (χ2n) is 11.0. The molecule has 0 aliphatic rings. The average Bonchev–Trinajstić information content (AvgIpc) is 3.43. The number of rotatable bonds is 4. The van der Waals surface area contributed by atoms with Crippen LogP contribution in [-0.2, 0) is 14.2 Å². The molecule has 0 aliphatic heterocycles. The first-order chi connectivity index (χ1) is 18.2. The number of aromatic nitrogens is 3. The van der Waals surface area contributed by atoms with Crippen molar-refractivity contribution in [3.05, 3.63) is 47.1 Å². The van der Waals surface area contributed by atoms with Crippen LogP contribution in [0.1, 0.15) is 64.4 Å². The van der Waals surface area contributed by atoms with Gasteiger partial charge < -0.3 is 14.2 Å². The average molecular weight is 553 g/mol. The normalized spacial score (nSPS) is 12.0. The van der Waals surface area contributed by atoms with E-state index in [0.717, 1.165) is 26.1 Å². The molecular formula is C28H32N4O6S. The number of aryl methyl sites for hydroxylation is 1. The van der Waals surface area contributed by atoms with E-state index < -0.39 is 29.4 Å². The van der Waals surface area contributed by atoms with Gasteiger partial charge in [0.15, 0.2) is 11.5 Å². The number of anilines is 1. The van der Waals surface area contributed by atoms with Gasteiger partial charge in [-0.25, -0.2) is 19.4 Å². The molecule has 0 spiro atoms. The van der Waals surface area contributed by atoms with Crippen molar-refractivity contribution in [2.45, 2.75) is 66.6 Å². The second kappa shape index (κ2) is 10.3. The van der Waals surface area contributed by atoms with Gasteiger partial charge in [-0.05, 0) is 83.9 Å². The number of amides is 2. The summed E-state index contributed by atoms with van der Waals surface area (Å²) in [7, 11) is 0. The highest BCUT2D eigenvalue weighted by molar-refractivity contribution is 7.17. The lowest BCUT2D eigenvalue weighted by molar-refractivity contribution is 0.0426. The molecular weight excluding hydrogens is 520 g/mol. The number of fused-ring (bicyclic) bond motifs is 2. The Morgan fingerprint density at radius 3 is 2.21 bits per heavy atom. The second-order valence-corrected chi connectivity index (χ2v) is 11.9. The standard InChI is InChI=1S/C28H32N4O6S/c1-9-36-24(33)20-15-30-32-22(20)29-14-19(18-13-16(2)12-17-10-11-39-21(17)18)23(32)31(25(34)37-27(3,4)5)26(35)38-28(6,7)8/h10-15H,9H2,1-8H3. The number of nitrogens with zero attached hydrogens (tertiary/aromatic N) is 4. The summed E-state index contributed by atoms with van der Waals surface area (Å²) in [6, 6.07) is 5.99. The molecule has 0 unspecified atom stereocenters. The number of hydrogen-bond acceptors (Lipinski definition) is 9. The van der Waals surface area contributed by atoms with Crippen LogP contribution >= 0.6 is 11.3 Å². The van der Waals surface area contributed by atoms with Gasteiger partial charge in [-0.2, -0.15) is 14.5 Å². The molecule has 0 saturated carbocycles. The molecule has 11 heteroatoms. The van der Waals surface area contributed by atoms with Crippen LogP contribution in [-0.4, -0.2) is 50.6 Å². The van der Waals surface area contributed by atoms with Crippen LogP contribution in [0.25, 0.3) is 26.9 Å². The van der Waals surface area contributed by atoms with Gasteiger partial charge in [0.25, 0.3) is 0 Å². The summed E-state index contributed by atoms with van der Waals surface area (Å²) in [5.74, 6) is -0.602. The Hall–Kier alpha value is -3.99. The number of carbonyl (C=O) groups excluding carboxylic acids is 3. The van der Waals surface area contributed by atoms with Crippen LogP contribution in [0.2, 0.25) is 0 Å². The Kier molecular flexibility index (Phi) is 7.40. The Labute approximate surface area is 230 Å². The molecule has 206 valence electrons. The van der Waals surface area contributed by atoms with Gasteiger partial charge in [0, 0.05) is 22.0 Å². The van der Waals surface area contributed by atoms with Crippen molar-refractivity contribution in [2.24, 2.45) is 0 Å². The number of benzene rings is 1. The van der Waals surface area contributed by atoms with Crippen molar-refractivity contribution in [1.82, 2.24) is 14.6 Å². The molecule has 3 aromatic heterocycles. The van der Waals surface area contributed by atoms with Gasteiger partial charge in [-0.1, -0.05) is 6.07 Å². The minimum absolute atomic E-state index is 0.0272. The third-order valence-corrected chi connectivity index (χ3v) is 6.31. The maximum absolute atomic E-state index is 13.7. The molecule has 2 amide bonds. The lowest BCUT2D eigenvalue weighted by atomic mass is 10.0. The zero-order valence-electron chi connectivity index (χ0n) is 23.3. The topological polar surface area (TPSA) is 112 Å². The molecule has 0 fully saturated rings. The molecule has 0 radical (unpaired) electrons. The molecule has 4 aromatic rings. The van der Waals surface area contributed by atoms with Gasteiger partial charge in [0.1, 0.15) is 16.8 Å². The zero-order valence-corrected chi connectivity index (χ0v) is 24.1. The van der Waals surface area contributed by atoms with Crippen molar-refractivity contribution in [3.8, 4) is 11.1 Å². The van der Waals surface area contributed by atoms with Crippen LogP contribution < -0.4 is 4.90 Å². The highest BCUT2D eigenvalue weighted by Gasteiger charge is 2.37. The first-order valence-electron chi connectivity index (χ1n) is 12.5. The minimum Gasteiger partial charge on any atom is -0.462 e.